The lowest BCUT2D eigenvalue weighted by Gasteiger charge is -2.19. The molecule has 1 aromatic carbocycles. The molecule has 7 nitrogen and oxygen atoms in total. The Balaban J connectivity index is 1.74. The van der Waals surface area contributed by atoms with E-state index < -0.39 is 11.2 Å². The molecular formula is C20H20N4O3. The minimum absolute atomic E-state index is 0.166. The van der Waals surface area contributed by atoms with Crippen molar-refractivity contribution in [3.05, 3.63) is 68.0 Å². The van der Waals surface area contributed by atoms with Gasteiger partial charge in [0, 0.05) is 19.8 Å². The van der Waals surface area contributed by atoms with Crippen LogP contribution in [0.25, 0.3) is 11.0 Å². The highest BCUT2D eigenvalue weighted by Gasteiger charge is 2.17. The second kappa shape index (κ2) is 6.50. The van der Waals surface area contributed by atoms with Crippen LogP contribution in [0.4, 0.5) is 5.69 Å². The number of aryl methyl sites for hydroxylation is 2. The van der Waals surface area contributed by atoms with Crippen molar-refractivity contribution in [2.24, 2.45) is 14.1 Å². The lowest BCUT2D eigenvalue weighted by Crippen LogP contribution is -2.37. The Hall–Kier alpha value is -3.22. The molecule has 0 radical (unpaired) electrons. The summed E-state index contributed by atoms with van der Waals surface area (Å²) < 4.78 is 2.30. The lowest BCUT2D eigenvalue weighted by atomic mass is 9.90. The maximum atomic E-state index is 12.7. The molecule has 138 valence electrons. The van der Waals surface area contributed by atoms with E-state index >= 15 is 0 Å². The average molecular weight is 364 g/mol. The van der Waals surface area contributed by atoms with Crippen LogP contribution in [-0.4, -0.2) is 20.0 Å². The summed E-state index contributed by atoms with van der Waals surface area (Å²) in [6.45, 7) is 0. The number of nitrogens with zero attached hydrogens (tertiary/aromatic N) is 3. The number of anilines is 1. The Morgan fingerprint density at radius 1 is 1.04 bits per heavy atom. The molecule has 4 rings (SSSR count). The molecule has 7 heteroatoms. The summed E-state index contributed by atoms with van der Waals surface area (Å²) >= 11 is 0. The van der Waals surface area contributed by atoms with Gasteiger partial charge >= 0.3 is 5.69 Å². The second-order valence-corrected chi connectivity index (χ2v) is 6.88. The number of amides is 1. The van der Waals surface area contributed by atoms with Gasteiger partial charge in [0.15, 0.2) is 0 Å². The summed E-state index contributed by atoms with van der Waals surface area (Å²) in [6.07, 6.45) is 4.25. The predicted molar refractivity (Wildman–Crippen MR) is 103 cm³/mol. The lowest BCUT2D eigenvalue weighted by molar-refractivity contribution is 0.102. The van der Waals surface area contributed by atoms with Gasteiger partial charge in [0.1, 0.15) is 11.3 Å². The van der Waals surface area contributed by atoms with E-state index in [1.165, 1.54) is 42.3 Å². The fourth-order valence-electron chi connectivity index (χ4n) is 3.67. The fraction of sp³-hybridized carbons (Fsp3) is 0.300. The first-order chi connectivity index (χ1) is 13.0. The minimum Gasteiger partial charge on any atom is -0.320 e. The molecule has 27 heavy (non-hydrogen) atoms. The van der Waals surface area contributed by atoms with Crippen molar-refractivity contribution in [1.29, 1.82) is 0 Å². The van der Waals surface area contributed by atoms with Crippen molar-refractivity contribution in [2.45, 2.75) is 25.7 Å². The van der Waals surface area contributed by atoms with Gasteiger partial charge in [-0.05, 0) is 55.0 Å². The minimum atomic E-state index is -0.477. The molecular weight excluding hydrogens is 344 g/mol. The Morgan fingerprint density at radius 3 is 2.63 bits per heavy atom. The molecule has 0 bridgehead atoms. The molecule has 2 aromatic heterocycles. The molecule has 0 fully saturated rings. The number of aromatic nitrogens is 3. The van der Waals surface area contributed by atoms with Gasteiger partial charge in [-0.2, -0.15) is 0 Å². The third kappa shape index (κ3) is 2.85. The largest absolute Gasteiger partial charge is 0.332 e. The van der Waals surface area contributed by atoms with Gasteiger partial charge in [-0.3, -0.25) is 18.7 Å². The summed E-state index contributed by atoms with van der Waals surface area (Å²) in [5, 5.41) is 3.24. The Kier molecular flexibility index (Phi) is 4.14. The van der Waals surface area contributed by atoms with Gasteiger partial charge in [-0.25, -0.2) is 9.78 Å². The normalized spacial score (nSPS) is 13.4. The van der Waals surface area contributed by atoms with Crippen molar-refractivity contribution < 1.29 is 4.79 Å². The molecule has 1 aliphatic carbocycles. The van der Waals surface area contributed by atoms with Crippen LogP contribution in [-0.2, 0) is 26.9 Å². The van der Waals surface area contributed by atoms with E-state index in [-0.39, 0.29) is 17.2 Å². The Labute approximate surface area is 155 Å². The van der Waals surface area contributed by atoms with Gasteiger partial charge in [0.25, 0.3) is 11.5 Å². The third-order valence-corrected chi connectivity index (χ3v) is 5.18. The molecule has 0 saturated heterocycles. The van der Waals surface area contributed by atoms with Crippen LogP contribution in [0, 0.1) is 0 Å². The zero-order chi connectivity index (χ0) is 19.1. The van der Waals surface area contributed by atoms with Crippen LogP contribution >= 0.6 is 0 Å². The zero-order valence-corrected chi connectivity index (χ0v) is 15.3. The molecule has 0 saturated carbocycles. The molecule has 0 aliphatic heterocycles. The van der Waals surface area contributed by atoms with E-state index in [1.807, 2.05) is 12.1 Å². The number of hydrogen-bond acceptors (Lipinski definition) is 4. The SMILES string of the molecule is Cn1c(=O)c2ccc(C(=O)Nc3cccc4c3CCCC4)nc2n(C)c1=O. The van der Waals surface area contributed by atoms with Gasteiger partial charge in [-0.1, -0.05) is 12.1 Å². The number of nitrogens with one attached hydrogen (secondary N) is 1. The second-order valence-electron chi connectivity index (χ2n) is 6.88. The van der Waals surface area contributed by atoms with Crippen LogP contribution in [0.1, 0.15) is 34.5 Å². The third-order valence-electron chi connectivity index (χ3n) is 5.18. The number of rotatable bonds is 2. The van der Waals surface area contributed by atoms with Crippen LogP contribution < -0.4 is 16.6 Å². The molecule has 1 N–H and O–H groups in total. The maximum absolute atomic E-state index is 12.7. The molecule has 0 unspecified atom stereocenters. The monoisotopic (exact) mass is 364 g/mol. The number of pyridine rings is 1. The highest BCUT2D eigenvalue weighted by molar-refractivity contribution is 6.04. The standard InChI is InChI=1S/C20H20N4O3/c1-23-17-14(19(26)24(2)20(23)27)10-11-16(21-17)18(25)22-15-9-5-7-12-6-3-4-8-13(12)15/h5,7,9-11H,3-4,6,8H2,1-2H3,(H,22,25). The first kappa shape index (κ1) is 17.2. The fourth-order valence-corrected chi connectivity index (χ4v) is 3.67. The van der Waals surface area contributed by atoms with Crippen molar-refractivity contribution in [3.8, 4) is 0 Å². The van der Waals surface area contributed by atoms with E-state index in [1.54, 1.807) is 6.07 Å². The van der Waals surface area contributed by atoms with Gasteiger partial charge in [-0.15, -0.1) is 0 Å². The number of fused-ring (bicyclic) bond motifs is 2. The summed E-state index contributed by atoms with van der Waals surface area (Å²) in [5.41, 5.74) is 2.72. The van der Waals surface area contributed by atoms with Crippen molar-refractivity contribution >= 4 is 22.6 Å². The number of carbonyl (C=O) groups is 1. The topological polar surface area (TPSA) is 86.0 Å². The maximum Gasteiger partial charge on any atom is 0.332 e. The predicted octanol–water partition coefficient (Wildman–Crippen LogP) is 1.76. The molecule has 3 aromatic rings. The van der Waals surface area contributed by atoms with E-state index in [0.29, 0.717) is 5.39 Å². The van der Waals surface area contributed by atoms with Crippen LogP contribution in [0.5, 0.6) is 0 Å². The molecule has 2 heterocycles. The Bertz CT molecular complexity index is 1190. The van der Waals surface area contributed by atoms with Crippen LogP contribution in [0.2, 0.25) is 0 Å². The zero-order valence-electron chi connectivity index (χ0n) is 15.3. The van der Waals surface area contributed by atoms with Crippen LogP contribution in [0.3, 0.4) is 0 Å². The van der Waals surface area contributed by atoms with E-state index in [0.717, 1.165) is 29.5 Å². The molecule has 0 spiro atoms. The first-order valence-electron chi connectivity index (χ1n) is 8.96. The quantitative estimate of drug-likeness (QED) is 0.751. The summed E-state index contributed by atoms with van der Waals surface area (Å²) in [6, 6.07) is 9.00. The Morgan fingerprint density at radius 2 is 1.81 bits per heavy atom. The number of carbonyl (C=O) groups excluding carboxylic acids is 1. The van der Waals surface area contributed by atoms with Crippen LogP contribution in [0.15, 0.2) is 39.9 Å². The highest BCUT2D eigenvalue weighted by Crippen LogP contribution is 2.28. The summed E-state index contributed by atoms with van der Waals surface area (Å²) in [5.74, 6) is -0.357. The summed E-state index contributed by atoms with van der Waals surface area (Å²) in [7, 11) is 2.95. The van der Waals surface area contributed by atoms with Crippen molar-refractivity contribution in [2.75, 3.05) is 5.32 Å². The average Bonchev–Trinajstić information content (AvgIpc) is 2.70. The molecule has 1 aliphatic rings. The van der Waals surface area contributed by atoms with Crippen molar-refractivity contribution in [3.63, 3.8) is 0 Å². The van der Waals surface area contributed by atoms with Gasteiger partial charge in [0.05, 0.1) is 5.39 Å². The van der Waals surface area contributed by atoms with E-state index in [4.69, 9.17) is 0 Å². The smallest absolute Gasteiger partial charge is 0.320 e. The van der Waals surface area contributed by atoms with Gasteiger partial charge < -0.3 is 5.32 Å². The number of benzene rings is 1. The number of hydrogen-bond donors (Lipinski definition) is 1. The molecule has 1 amide bonds. The summed E-state index contributed by atoms with van der Waals surface area (Å²) in [4.78, 5) is 41.4. The van der Waals surface area contributed by atoms with Crippen molar-refractivity contribution in [1.82, 2.24) is 14.1 Å². The van der Waals surface area contributed by atoms with Gasteiger partial charge in [0.2, 0.25) is 0 Å². The van der Waals surface area contributed by atoms with E-state index in [2.05, 4.69) is 16.4 Å². The highest BCUT2D eigenvalue weighted by atomic mass is 16.2. The van der Waals surface area contributed by atoms with E-state index in [9.17, 15) is 14.4 Å². The first-order valence-corrected chi connectivity index (χ1v) is 8.96. The molecule has 0 atom stereocenters.